The van der Waals surface area contributed by atoms with Gasteiger partial charge < -0.3 is 10.3 Å². The van der Waals surface area contributed by atoms with E-state index in [2.05, 4.69) is 46.5 Å². The molecule has 2 rings (SSSR count). The van der Waals surface area contributed by atoms with Gasteiger partial charge >= 0.3 is 0 Å². The monoisotopic (exact) mass is 243 g/mol. The topological polar surface area (TPSA) is 57.8 Å². The summed E-state index contributed by atoms with van der Waals surface area (Å²) >= 11 is 0. The third-order valence-corrected chi connectivity index (χ3v) is 2.69. The number of rotatable bonds is 4. The molecule has 94 valence electrons. The SMILES string of the molecule is CNCc1cc(=O)[nH]c(Cc2ccc(C)cc2)n1. The molecule has 0 atom stereocenters. The van der Waals surface area contributed by atoms with E-state index in [-0.39, 0.29) is 5.56 Å². The highest BCUT2D eigenvalue weighted by atomic mass is 16.1. The van der Waals surface area contributed by atoms with Crippen LogP contribution < -0.4 is 10.9 Å². The van der Waals surface area contributed by atoms with Gasteiger partial charge in [0, 0.05) is 19.0 Å². The van der Waals surface area contributed by atoms with Crippen molar-refractivity contribution in [2.75, 3.05) is 7.05 Å². The van der Waals surface area contributed by atoms with E-state index in [0.717, 1.165) is 11.3 Å². The van der Waals surface area contributed by atoms with Crippen LogP contribution in [0.4, 0.5) is 0 Å². The van der Waals surface area contributed by atoms with Crippen molar-refractivity contribution in [2.45, 2.75) is 19.9 Å². The molecule has 0 aliphatic rings. The van der Waals surface area contributed by atoms with Crippen LogP contribution in [0.15, 0.2) is 35.1 Å². The Morgan fingerprint density at radius 2 is 2.00 bits per heavy atom. The van der Waals surface area contributed by atoms with Gasteiger partial charge in [0.05, 0.1) is 5.69 Å². The van der Waals surface area contributed by atoms with Crippen molar-refractivity contribution < 1.29 is 0 Å². The van der Waals surface area contributed by atoms with Gasteiger partial charge in [-0.05, 0) is 19.5 Å². The van der Waals surface area contributed by atoms with E-state index < -0.39 is 0 Å². The third-order valence-electron chi connectivity index (χ3n) is 2.69. The van der Waals surface area contributed by atoms with Gasteiger partial charge in [-0.15, -0.1) is 0 Å². The molecule has 2 N–H and O–H groups in total. The van der Waals surface area contributed by atoms with Crippen molar-refractivity contribution in [3.8, 4) is 0 Å². The number of nitrogens with one attached hydrogen (secondary N) is 2. The first kappa shape index (κ1) is 12.5. The minimum Gasteiger partial charge on any atom is -0.314 e. The molecule has 0 fully saturated rings. The molecule has 0 radical (unpaired) electrons. The van der Waals surface area contributed by atoms with Gasteiger partial charge in [-0.2, -0.15) is 0 Å². The molecule has 18 heavy (non-hydrogen) atoms. The van der Waals surface area contributed by atoms with Crippen LogP contribution in [-0.2, 0) is 13.0 Å². The van der Waals surface area contributed by atoms with Crippen LogP contribution in [0.1, 0.15) is 22.6 Å². The first-order valence-corrected chi connectivity index (χ1v) is 5.96. The summed E-state index contributed by atoms with van der Waals surface area (Å²) in [5.74, 6) is 0.705. The number of aryl methyl sites for hydroxylation is 1. The quantitative estimate of drug-likeness (QED) is 0.853. The second kappa shape index (κ2) is 5.60. The lowest BCUT2D eigenvalue weighted by Gasteiger charge is -2.04. The smallest absolute Gasteiger partial charge is 0.251 e. The van der Waals surface area contributed by atoms with E-state index in [0.29, 0.717) is 18.8 Å². The molecule has 4 heteroatoms. The van der Waals surface area contributed by atoms with Gasteiger partial charge in [0.1, 0.15) is 5.82 Å². The molecule has 0 saturated carbocycles. The van der Waals surface area contributed by atoms with E-state index in [9.17, 15) is 4.79 Å². The number of hydrogen-bond acceptors (Lipinski definition) is 3. The summed E-state index contributed by atoms with van der Waals surface area (Å²) in [6.45, 7) is 2.66. The van der Waals surface area contributed by atoms with Gasteiger partial charge in [-0.1, -0.05) is 29.8 Å². The molecule has 1 heterocycles. The van der Waals surface area contributed by atoms with Crippen LogP contribution >= 0.6 is 0 Å². The summed E-state index contributed by atoms with van der Waals surface area (Å²) in [5.41, 5.74) is 3.04. The Morgan fingerprint density at radius 3 is 2.67 bits per heavy atom. The lowest BCUT2D eigenvalue weighted by atomic mass is 10.1. The summed E-state index contributed by atoms with van der Waals surface area (Å²) in [4.78, 5) is 18.7. The van der Waals surface area contributed by atoms with Gasteiger partial charge in [-0.3, -0.25) is 4.79 Å². The van der Waals surface area contributed by atoms with Gasteiger partial charge in [0.2, 0.25) is 0 Å². The van der Waals surface area contributed by atoms with Crippen LogP contribution in [0.25, 0.3) is 0 Å². The van der Waals surface area contributed by atoms with E-state index in [4.69, 9.17) is 0 Å². The Balaban J connectivity index is 2.23. The maximum atomic E-state index is 11.5. The Bertz CT molecular complexity index is 572. The highest BCUT2D eigenvalue weighted by Gasteiger charge is 2.02. The fourth-order valence-corrected chi connectivity index (χ4v) is 1.82. The predicted molar refractivity (Wildman–Crippen MR) is 71.6 cm³/mol. The largest absolute Gasteiger partial charge is 0.314 e. The average Bonchev–Trinajstić information content (AvgIpc) is 2.32. The maximum Gasteiger partial charge on any atom is 0.251 e. The van der Waals surface area contributed by atoms with E-state index in [1.54, 1.807) is 0 Å². The predicted octanol–water partition coefficient (Wildman–Crippen LogP) is 1.39. The normalized spacial score (nSPS) is 10.6. The Labute approximate surface area is 106 Å². The Kier molecular flexibility index (Phi) is 3.89. The van der Waals surface area contributed by atoms with Crippen molar-refractivity contribution in [3.63, 3.8) is 0 Å². The standard InChI is InChI=1S/C14H17N3O/c1-10-3-5-11(6-4-10)7-13-16-12(9-15-2)8-14(18)17-13/h3-6,8,15H,7,9H2,1-2H3,(H,16,17,18). The second-order valence-corrected chi connectivity index (χ2v) is 4.38. The molecule has 0 unspecified atom stereocenters. The van der Waals surface area contributed by atoms with Crippen molar-refractivity contribution >= 4 is 0 Å². The second-order valence-electron chi connectivity index (χ2n) is 4.38. The summed E-state index contributed by atoms with van der Waals surface area (Å²) < 4.78 is 0. The maximum absolute atomic E-state index is 11.5. The number of nitrogens with zero attached hydrogens (tertiary/aromatic N) is 1. The van der Waals surface area contributed by atoms with Crippen LogP contribution in [-0.4, -0.2) is 17.0 Å². The number of aromatic nitrogens is 2. The Hall–Kier alpha value is -1.94. The van der Waals surface area contributed by atoms with E-state index >= 15 is 0 Å². The summed E-state index contributed by atoms with van der Waals surface area (Å²) in [5, 5.41) is 2.99. The Morgan fingerprint density at radius 1 is 1.28 bits per heavy atom. The summed E-state index contributed by atoms with van der Waals surface area (Å²) in [6, 6.07) is 9.76. The fourth-order valence-electron chi connectivity index (χ4n) is 1.82. The molecule has 0 aliphatic heterocycles. The highest BCUT2D eigenvalue weighted by Crippen LogP contribution is 2.07. The zero-order chi connectivity index (χ0) is 13.0. The van der Waals surface area contributed by atoms with Gasteiger partial charge in [0.25, 0.3) is 5.56 Å². The van der Waals surface area contributed by atoms with Crippen molar-refractivity contribution in [1.82, 2.24) is 15.3 Å². The number of H-pyrrole nitrogens is 1. The van der Waals surface area contributed by atoms with Gasteiger partial charge in [0.15, 0.2) is 0 Å². The molecule has 0 saturated heterocycles. The first-order chi connectivity index (χ1) is 8.67. The molecule has 1 aromatic carbocycles. The zero-order valence-electron chi connectivity index (χ0n) is 10.7. The van der Waals surface area contributed by atoms with Crippen LogP contribution in [0, 0.1) is 6.92 Å². The first-order valence-electron chi connectivity index (χ1n) is 5.96. The molecular formula is C14H17N3O. The average molecular weight is 243 g/mol. The summed E-state index contributed by atoms with van der Waals surface area (Å²) in [6.07, 6.45) is 0.646. The van der Waals surface area contributed by atoms with Crippen molar-refractivity contribution in [3.05, 3.63) is 63.3 Å². The lowest BCUT2D eigenvalue weighted by Crippen LogP contribution is -2.16. The minimum atomic E-state index is -0.0997. The van der Waals surface area contributed by atoms with Gasteiger partial charge in [-0.25, -0.2) is 4.98 Å². The highest BCUT2D eigenvalue weighted by molar-refractivity contribution is 5.24. The van der Waals surface area contributed by atoms with Crippen LogP contribution in [0.3, 0.4) is 0 Å². The fraction of sp³-hybridized carbons (Fsp3) is 0.286. The van der Waals surface area contributed by atoms with Crippen LogP contribution in [0.5, 0.6) is 0 Å². The molecule has 0 amide bonds. The van der Waals surface area contributed by atoms with E-state index in [1.165, 1.54) is 11.6 Å². The minimum absolute atomic E-state index is 0.0997. The molecular weight excluding hydrogens is 226 g/mol. The zero-order valence-corrected chi connectivity index (χ0v) is 10.7. The molecule has 1 aromatic heterocycles. The molecule has 0 bridgehead atoms. The third kappa shape index (κ3) is 3.28. The molecule has 2 aromatic rings. The van der Waals surface area contributed by atoms with Crippen molar-refractivity contribution in [2.24, 2.45) is 0 Å². The molecule has 0 spiro atoms. The number of hydrogen-bond donors (Lipinski definition) is 2. The van der Waals surface area contributed by atoms with Crippen molar-refractivity contribution in [1.29, 1.82) is 0 Å². The number of aromatic amines is 1. The van der Waals surface area contributed by atoms with Crippen LogP contribution in [0.2, 0.25) is 0 Å². The number of benzene rings is 1. The lowest BCUT2D eigenvalue weighted by molar-refractivity contribution is 0.767. The summed E-state index contributed by atoms with van der Waals surface area (Å²) in [7, 11) is 1.84. The van der Waals surface area contributed by atoms with E-state index in [1.807, 2.05) is 7.05 Å². The molecule has 0 aliphatic carbocycles. The molecule has 4 nitrogen and oxygen atoms in total.